The van der Waals surface area contributed by atoms with Crippen molar-refractivity contribution in [3.63, 3.8) is 0 Å². The lowest BCUT2D eigenvalue weighted by Crippen LogP contribution is -2.43. The monoisotopic (exact) mass is 458 g/mol. The summed E-state index contributed by atoms with van der Waals surface area (Å²) < 4.78 is 49.2. The van der Waals surface area contributed by atoms with Gasteiger partial charge in [-0.25, -0.2) is 14.8 Å². The van der Waals surface area contributed by atoms with Crippen LogP contribution in [-0.4, -0.2) is 50.7 Å². The van der Waals surface area contributed by atoms with Gasteiger partial charge in [-0.15, -0.1) is 0 Å². The van der Waals surface area contributed by atoms with E-state index in [0.29, 0.717) is 18.1 Å². The Bertz CT molecular complexity index is 1020. The maximum atomic E-state index is 12.7. The number of hydrogen-bond donors (Lipinski definition) is 3. The summed E-state index contributed by atoms with van der Waals surface area (Å²) in [6.45, 7) is 0. The largest absolute Gasteiger partial charge is 0.480 e. The molecule has 31 heavy (non-hydrogen) atoms. The van der Waals surface area contributed by atoms with Crippen LogP contribution < -0.4 is 20.3 Å². The first kappa shape index (κ1) is 22.1. The van der Waals surface area contributed by atoms with Crippen molar-refractivity contribution in [3.05, 3.63) is 46.4 Å². The van der Waals surface area contributed by atoms with Gasteiger partial charge in [0, 0.05) is 18.1 Å². The SMILES string of the molecule is COc1ncnc(OC)c1C(=O)NN1NC(c2ccc(C(F)(F)F)cn2)=C(C(=O)O)S1. The van der Waals surface area contributed by atoms with Gasteiger partial charge in [0.25, 0.3) is 5.91 Å². The fraction of sp³-hybridized carbons (Fsp3) is 0.188. The number of carbonyl (C=O) groups excluding carboxylic acids is 1. The van der Waals surface area contributed by atoms with E-state index in [2.05, 4.69) is 25.8 Å². The summed E-state index contributed by atoms with van der Waals surface area (Å²) in [5.74, 6) is -2.38. The number of hydrogen-bond acceptors (Lipinski definition) is 10. The van der Waals surface area contributed by atoms with Crippen molar-refractivity contribution in [1.82, 2.24) is 30.3 Å². The van der Waals surface area contributed by atoms with Gasteiger partial charge in [-0.2, -0.15) is 13.2 Å². The van der Waals surface area contributed by atoms with Crippen LogP contribution in [0.15, 0.2) is 29.6 Å². The van der Waals surface area contributed by atoms with E-state index in [0.717, 1.165) is 23.0 Å². The number of nitrogens with zero attached hydrogens (tertiary/aromatic N) is 4. The molecule has 0 saturated heterocycles. The van der Waals surface area contributed by atoms with Crippen molar-refractivity contribution in [1.29, 1.82) is 0 Å². The summed E-state index contributed by atoms with van der Waals surface area (Å²) in [7, 11) is 2.56. The third-order valence-corrected chi connectivity index (χ3v) is 4.69. The fourth-order valence-electron chi connectivity index (χ4n) is 2.40. The van der Waals surface area contributed by atoms with Crippen LogP contribution in [0, 0.1) is 0 Å². The molecule has 164 valence electrons. The average molecular weight is 458 g/mol. The van der Waals surface area contributed by atoms with E-state index in [1.807, 2.05) is 0 Å². The Labute approximate surface area is 176 Å². The molecular formula is C16H13F3N6O5S. The van der Waals surface area contributed by atoms with Crippen molar-refractivity contribution >= 4 is 29.5 Å². The molecule has 1 amide bonds. The van der Waals surface area contributed by atoms with E-state index in [9.17, 15) is 27.9 Å². The van der Waals surface area contributed by atoms with Gasteiger partial charge >= 0.3 is 12.1 Å². The summed E-state index contributed by atoms with van der Waals surface area (Å²) in [6, 6.07) is 1.77. The predicted octanol–water partition coefficient (Wildman–Crippen LogP) is 1.47. The average Bonchev–Trinajstić information content (AvgIpc) is 3.16. The Morgan fingerprint density at radius 3 is 2.29 bits per heavy atom. The molecule has 0 unspecified atom stereocenters. The number of aromatic nitrogens is 3. The number of pyridine rings is 1. The molecule has 2 aromatic heterocycles. The second kappa shape index (κ2) is 8.65. The van der Waals surface area contributed by atoms with Gasteiger partial charge in [-0.1, -0.05) is 4.52 Å². The highest BCUT2D eigenvalue weighted by Crippen LogP contribution is 2.35. The van der Waals surface area contributed by atoms with Gasteiger partial charge in [0.05, 0.1) is 31.2 Å². The first-order valence-corrected chi connectivity index (χ1v) is 8.93. The molecule has 0 fully saturated rings. The van der Waals surface area contributed by atoms with Gasteiger partial charge in [-0.05, 0) is 12.1 Å². The van der Waals surface area contributed by atoms with Crippen LogP contribution in [0.1, 0.15) is 21.6 Å². The molecule has 0 radical (unpaired) electrons. The second-order valence-electron chi connectivity index (χ2n) is 5.64. The number of nitrogens with one attached hydrogen (secondary N) is 2. The van der Waals surface area contributed by atoms with Gasteiger partial charge < -0.3 is 14.6 Å². The van der Waals surface area contributed by atoms with Gasteiger partial charge in [0.2, 0.25) is 11.8 Å². The minimum absolute atomic E-state index is 0.0761. The zero-order valence-corrected chi connectivity index (χ0v) is 16.5. The topological polar surface area (TPSA) is 139 Å². The summed E-state index contributed by atoms with van der Waals surface area (Å²) in [5, 5.41) is 9.44. The number of carbonyl (C=O) groups is 2. The minimum atomic E-state index is -4.59. The summed E-state index contributed by atoms with van der Waals surface area (Å²) in [6.07, 6.45) is -2.90. The summed E-state index contributed by atoms with van der Waals surface area (Å²) in [5.41, 5.74) is 3.58. The van der Waals surface area contributed by atoms with Crippen LogP contribution >= 0.6 is 11.9 Å². The number of rotatable bonds is 6. The summed E-state index contributed by atoms with van der Waals surface area (Å²) >= 11 is 0.567. The highest BCUT2D eigenvalue weighted by atomic mass is 32.2. The van der Waals surface area contributed by atoms with Crippen LogP contribution in [-0.2, 0) is 11.0 Å². The predicted molar refractivity (Wildman–Crippen MR) is 99.0 cm³/mol. The first-order chi connectivity index (χ1) is 14.7. The maximum Gasteiger partial charge on any atom is 0.417 e. The minimum Gasteiger partial charge on any atom is -0.480 e. The Morgan fingerprint density at radius 1 is 1.16 bits per heavy atom. The van der Waals surface area contributed by atoms with Crippen molar-refractivity contribution in [3.8, 4) is 11.8 Å². The number of hydrazine groups is 2. The maximum absolute atomic E-state index is 12.7. The number of ether oxygens (including phenoxy) is 2. The molecular weight excluding hydrogens is 445 g/mol. The number of alkyl halides is 3. The third-order valence-electron chi connectivity index (χ3n) is 3.76. The number of carboxylic acid groups (broad SMARTS) is 1. The van der Waals surface area contributed by atoms with Crippen LogP contribution in [0.4, 0.5) is 13.2 Å². The number of amides is 1. The molecule has 0 aromatic carbocycles. The number of aliphatic carboxylic acids is 1. The quantitative estimate of drug-likeness (QED) is 0.543. The van der Waals surface area contributed by atoms with E-state index in [1.165, 1.54) is 14.2 Å². The van der Waals surface area contributed by atoms with E-state index >= 15 is 0 Å². The highest BCUT2D eigenvalue weighted by Gasteiger charge is 2.34. The molecule has 0 bridgehead atoms. The van der Waals surface area contributed by atoms with E-state index in [-0.39, 0.29) is 33.6 Å². The van der Waals surface area contributed by atoms with Crippen molar-refractivity contribution in [2.24, 2.45) is 0 Å². The molecule has 3 rings (SSSR count). The molecule has 15 heteroatoms. The lowest BCUT2D eigenvalue weighted by atomic mass is 10.2. The van der Waals surface area contributed by atoms with Crippen molar-refractivity contribution in [2.45, 2.75) is 6.18 Å². The zero-order chi connectivity index (χ0) is 22.8. The zero-order valence-electron chi connectivity index (χ0n) is 15.7. The van der Waals surface area contributed by atoms with Gasteiger partial charge in [0.15, 0.2) is 5.56 Å². The molecule has 0 saturated carbocycles. The number of methoxy groups -OCH3 is 2. The van der Waals surface area contributed by atoms with Crippen LogP contribution in [0.3, 0.4) is 0 Å². The molecule has 2 aromatic rings. The Kier molecular flexibility index (Phi) is 6.16. The smallest absolute Gasteiger partial charge is 0.417 e. The normalized spacial score (nSPS) is 14.2. The molecule has 3 N–H and O–H groups in total. The Balaban J connectivity index is 1.83. The van der Waals surface area contributed by atoms with Gasteiger partial charge in [-0.3, -0.25) is 20.6 Å². The second-order valence-corrected chi connectivity index (χ2v) is 6.60. The van der Waals surface area contributed by atoms with Crippen LogP contribution in [0.25, 0.3) is 5.70 Å². The Hall–Kier alpha value is -3.59. The third kappa shape index (κ3) is 4.61. The molecule has 1 aliphatic heterocycles. The lowest BCUT2D eigenvalue weighted by molar-refractivity contribution is -0.138. The molecule has 0 aliphatic carbocycles. The molecule has 1 aliphatic rings. The Morgan fingerprint density at radius 2 is 1.81 bits per heavy atom. The molecule has 0 atom stereocenters. The first-order valence-electron chi connectivity index (χ1n) is 8.15. The molecule has 0 spiro atoms. The lowest BCUT2D eigenvalue weighted by Gasteiger charge is -2.18. The van der Waals surface area contributed by atoms with Crippen molar-refractivity contribution in [2.75, 3.05) is 14.2 Å². The van der Waals surface area contributed by atoms with Crippen molar-refractivity contribution < 1.29 is 37.3 Å². The summed E-state index contributed by atoms with van der Waals surface area (Å²) in [4.78, 5) is 35.2. The van der Waals surface area contributed by atoms with Crippen LogP contribution in [0.2, 0.25) is 0 Å². The van der Waals surface area contributed by atoms with E-state index in [1.54, 1.807) is 0 Å². The van der Waals surface area contributed by atoms with Gasteiger partial charge in [0.1, 0.15) is 11.2 Å². The van der Waals surface area contributed by atoms with E-state index in [4.69, 9.17) is 9.47 Å². The highest BCUT2D eigenvalue weighted by molar-refractivity contribution is 8.02. The molecule has 3 heterocycles. The molecule has 11 nitrogen and oxygen atoms in total. The van der Waals surface area contributed by atoms with E-state index < -0.39 is 23.6 Å². The standard InChI is InChI=1S/C16H13F3N6O5S/c1-29-13-9(14(30-2)22-6-21-13)12(26)24-25-23-10(11(31-25)15(27)28)8-4-3-7(5-20-8)16(17,18)19/h3-6,23H,1-2H3,(H,24,26)(H,27,28). The number of halogens is 3. The number of carboxylic acids is 1. The van der Waals surface area contributed by atoms with Crippen LogP contribution in [0.5, 0.6) is 11.8 Å². The fourth-order valence-corrected chi connectivity index (χ4v) is 3.17.